The molecule has 128 valence electrons. The molecule has 1 saturated heterocycles. The number of halogens is 1. The van der Waals surface area contributed by atoms with E-state index in [0.29, 0.717) is 18.2 Å². The van der Waals surface area contributed by atoms with Gasteiger partial charge in [-0.3, -0.25) is 9.44 Å². The number of hydrogen-bond acceptors (Lipinski definition) is 7. The van der Waals surface area contributed by atoms with Crippen molar-refractivity contribution in [2.45, 2.75) is 13.3 Å². The fourth-order valence-corrected chi connectivity index (χ4v) is 3.72. The molecule has 0 saturated carbocycles. The highest BCUT2D eigenvalue weighted by Gasteiger charge is 2.45. The SMILES string of the molecule is CC(=O)OC1N(C)CC[N+]1([O-])c1ncc(Br)s1.c1cc2cc(c1)O2. The van der Waals surface area contributed by atoms with Crippen molar-refractivity contribution in [1.82, 2.24) is 14.5 Å². The van der Waals surface area contributed by atoms with E-state index < -0.39 is 17.0 Å². The maximum atomic E-state index is 12.7. The standard InChI is InChI=1S/C9H12BrN3O3S.C6H4O/c1-6(14)16-9-12(2)3-4-13(9,15)8-11-5-7(10)17-8;1-2-5-4-6(3-1)7-5/h5,9H,3-4H2,1-2H3;1-4H. The van der Waals surface area contributed by atoms with Gasteiger partial charge in [-0.15, -0.1) is 0 Å². The van der Waals surface area contributed by atoms with Crippen molar-refractivity contribution in [3.63, 3.8) is 0 Å². The summed E-state index contributed by atoms with van der Waals surface area (Å²) in [5.74, 6) is 1.51. The van der Waals surface area contributed by atoms with Crippen LogP contribution in [0.4, 0.5) is 5.13 Å². The van der Waals surface area contributed by atoms with E-state index in [1.54, 1.807) is 18.1 Å². The molecule has 7 nitrogen and oxygen atoms in total. The smallest absolute Gasteiger partial charge is 0.308 e. The molecule has 0 radical (unpaired) electrons. The summed E-state index contributed by atoms with van der Waals surface area (Å²) in [4.78, 5) is 16.8. The minimum atomic E-state index is -0.842. The van der Waals surface area contributed by atoms with Crippen molar-refractivity contribution in [3.05, 3.63) is 39.5 Å². The monoisotopic (exact) mass is 413 g/mol. The molecule has 3 aliphatic rings. The first-order valence-corrected chi connectivity index (χ1v) is 8.85. The van der Waals surface area contributed by atoms with Crippen LogP contribution in [0.2, 0.25) is 0 Å². The Morgan fingerprint density at radius 1 is 1.54 bits per heavy atom. The largest absolute Gasteiger partial charge is 0.622 e. The lowest BCUT2D eigenvalue weighted by Crippen LogP contribution is -2.53. The molecular formula is C15H16BrN3O4S. The quantitative estimate of drug-likeness (QED) is 0.364. The number of thiazole rings is 1. The van der Waals surface area contributed by atoms with Crippen LogP contribution in [-0.2, 0) is 9.53 Å². The van der Waals surface area contributed by atoms with Crippen molar-refractivity contribution in [1.29, 1.82) is 0 Å². The number of ether oxygens (including phenoxy) is 2. The summed E-state index contributed by atoms with van der Waals surface area (Å²) in [5, 5.41) is 13.1. The minimum Gasteiger partial charge on any atom is -0.622 e. The minimum absolute atomic E-state index is 0.328. The molecule has 1 aromatic heterocycles. The van der Waals surface area contributed by atoms with Crippen molar-refractivity contribution in [2.24, 2.45) is 0 Å². The lowest BCUT2D eigenvalue weighted by molar-refractivity contribution is -0.161. The van der Waals surface area contributed by atoms with Gasteiger partial charge in [-0.05, 0) is 46.4 Å². The molecule has 24 heavy (non-hydrogen) atoms. The fourth-order valence-electron chi connectivity index (χ4n) is 2.46. The molecule has 5 rings (SSSR count). The van der Waals surface area contributed by atoms with Crippen LogP contribution in [0.25, 0.3) is 0 Å². The Bertz CT molecular complexity index is 731. The van der Waals surface area contributed by atoms with Crippen molar-refractivity contribution in [2.75, 3.05) is 20.1 Å². The zero-order valence-electron chi connectivity index (χ0n) is 13.1. The molecule has 2 unspecified atom stereocenters. The van der Waals surface area contributed by atoms with Gasteiger partial charge in [0.05, 0.1) is 16.5 Å². The highest BCUT2D eigenvalue weighted by Crippen LogP contribution is 2.36. The van der Waals surface area contributed by atoms with Crippen LogP contribution >= 0.6 is 27.3 Å². The second-order valence-corrected chi connectivity index (χ2v) is 7.85. The number of rotatable bonds is 2. The summed E-state index contributed by atoms with van der Waals surface area (Å²) in [6, 6.07) is 7.86. The molecule has 0 N–H and O–H groups in total. The number of carbonyl (C=O) groups excluding carboxylic acids is 1. The first kappa shape index (κ1) is 17.3. The van der Waals surface area contributed by atoms with Crippen LogP contribution in [0.5, 0.6) is 11.5 Å². The van der Waals surface area contributed by atoms with Crippen molar-refractivity contribution in [3.8, 4) is 11.5 Å². The summed E-state index contributed by atoms with van der Waals surface area (Å²) in [7, 11) is 1.76. The molecular weight excluding hydrogens is 398 g/mol. The molecule has 2 atom stereocenters. The molecule has 9 heteroatoms. The number of benzene rings is 1. The first-order chi connectivity index (χ1) is 11.4. The summed E-state index contributed by atoms with van der Waals surface area (Å²) < 4.78 is 10.2. The fraction of sp³-hybridized carbons (Fsp3) is 0.333. The number of quaternary nitrogens is 1. The summed E-state index contributed by atoms with van der Waals surface area (Å²) in [6.45, 7) is 2.20. The van der Waals surface area contributed by atoms with E-state index in [-0.39, 0.29) is 0 Å². The lowest BCUT2D eigenvalue weighted by atomic mass is 10.2. The number of hydrogen-bond donors (Lipinski definition) is 0. The van der Waals surface area contributed by atoms with Gasteiger partial charge in [0.15, 0.2) is 0 Å². The van der Waals surface area contributed by atoms with E-state index in [9.17, 15) is 10.0 Å². The Balaban J connectivity index is 0.000000198. The second-order valence-electron chi connectivity index (χ2n) is 5.46. The van der Waals surface area contributed by atoms with E-state index >= 15 is 0 Å². The van der Waals surface area contributed by atoms with Crippen molar-refractivity contribution < 1.29 is 14.3 Å². The number of carbonyl (C=O) groups is 1. The number of likely N-dealkylation sites (N-methyl/N-ethyl adjacent to an activating group) is 1. The number of aromatic nitrogens is 1. The van der Waals surface area contributed by atoms with Gasteiger partial charge in [-0.2, -0.15) is 4.98 Å². The predicted octanol–water partition coefficient (Wildman–Crippen LogP) is 3.30. The number of esters is 1. The number of fused-ring (bicyclic) bond motifs is 2. The zero-order chi connectivity index (χ0) is 17.3. The van der Waals surface area contributed by atoms with E-state index in [4.69, 9.17) is 9.47 Å². The Hall–Kier alpha value is -1.52. The van der Waals surface area contributed by atoms with Gasteiger partial charge in [0.25, 0.3) is 5.13 Å². The van der Waals surface area contributed by atoms with Crippen LogP contribution in [0.15, 0.2) is 34.2 Å². The van der Waals surface area contributed by atoms with Crippen LogP contribution in [0.1, 0.15) is 6.92 Å². The highest BCUT2D eigenvalue weighted by molar-refractivity contribution is 9.11. The third kappa shape index (κ3) is 3.45. The molecule has 4 heterocycles. The maximum absolute atomic E-state index is 12.7. The Morgan fingerprint density at radius 3 is 2.62 bits per heavy atom. The third-order valence-electron chi connectivity index (χ3n) is 3.62. The summed E-state index contributed by atoms with van der Waals surface area (Å²) in [6.07, 6.45) is 0.742. The third-order valence-corrected chi connectivity index (χ3v) is 5.21. The molecule has 2 aromatic rings. The van der Waals surface area contributed by atoms with E-state index in [1.165, 1.54) is 18.3 Å². The van der Waals surface area contributed by atoms with Gasteiger partial charge in [0, 0.05) is 13.0 Å². The van der Waals surface area contributed by atoms with Gasteiger partial charge in [0.2, 0.25) is 0 Å². The summed E-state index contributed by atoms with van der Waals surface area (Å²) in [5.41, 5.74) is 0. The number of nitrogens with zero attached hydrogens (tertiary/aromatic N) is 3. The van der Waals surface area contributed by atoms with Gasteiger partial charge >= 0.3 is 12.3 Å². The number of hydroxylamine groups is 2. The van der Waals surface area contributed by atoms with Crippen LogP contribution < -0.4 is 9.38 Å². The van der Waals surface area contributed by atoms with Gasteiger partial charge in [-0.1, -0.05) is 6.07 Å². The summed E-state index contributed by atoms with van der Waals surface area (Å²) >= 11 is 4.54. The maximum Gasteiger partial charge on any atom is 0.308 e. The molecule has 0 aliphatic carbocycles. The average Bonchev–Trinajstić information content (AvgIpc) is 3.08. The zero-order valence-corrected chi connectivity index (χ0v) is 15.5. The van der Waals surface area contributed by atoms with Gasteiger partial charge in [0.1, 0.15) is 18.0 Å². The van der Waals surface area contributed by atoms with E-state index in [1.807, 2.05) is 24.3 Å². The Kier molecular flexibility index (Phi) is 4.88. The molecule has 2 bridgehead atoms. The molecule has 1 aromatic carbocycles. The molecule has 1 fully saturated rings. The van der Waals surface area contributed by atoms with Crippen LogP contribution in [0.3, 0.4) is 0 Å². The highest BCUT2D eigenvalue weighted by atomic mass is 79.9. The average molecular weight is 414 g/mol. The van der Waals surface area contributed by atoms with E-state index in [2.05, 4.69) is 20.9 Å². The Labute approximate surface area is 151 Å². The molecule has 0 spiro atoms. The normalized spacial score (nSPS) is 24.4. The molecule has 3 aliphatic heterocycles. The second kappa shape index (κ2) is 6.77. The van der Waals surface area contributed by atoms with Crippen molar-refractivity contribution >= 4 is 38.4 Å². The molecule has 0 amide bonds. The Morgan fingerprint density at radius 2 is 2.21 bits per heavy atom. The van der Waals surface area contributed by atoms with Crippen LogP contribution in [-0.4, -0.2) is 42.3 Å². The lowest BCUT2D eigenvalue weighted by Gasteiger charge is -2.39. The predicted molar refractivity (Wildman–Crippen MR) is 94.5 cm³/mol. The van der Waals surface area contributed by atoms with Gasteiger partial charge < -0.3 is 14.7 Å². The van der Waals surface area contributed by atoms with Crippen LogP contribution in [0, 0.1) is 5.21 Å². The topological polar surface area (TPSA) is 74.7 Å². The first-order valence-electron chi connectivity index (χ1n) is 7.24. The van der Waals surface area contributed by atoms with E-state index in [0.717, 1.165) is 15.3 Å². The van der Waals surface area contributed by atoms with Gasteiger partial charge in [-0.25, -0.2) is 4.90 Å².